The third kappa shape index (κ3) is 3.94. The Morgan fingerprint density at radius 2 is 2.06 bits per heavy atom. The Balaban J connectivity index is 1.52. The maximum absolute atomic E-state index is 13.0. The molecule has 168 valence electrons. The number of ether oxygens (including phenoxy) is 1. The molecule has 0 radical (unpaired) electrons. The summed E-state index contributed by atoms with van der Waals surface area (Å²) in [5.41, 5.74) is 0.323. The first-order valence-electron chi connectivity index (χ1n) is 10.5. The van der Waals surface area contributed by atoms with Crippen LogP contribution in [0.1, 0.15) is 30.6 Å². The van der Waals surface area contributed by atoms with E-state index >= 15 is 0 Å². The number of rotatable bonds is 7. The average Bonchev–Trinajstić information content (AvgIpc) is 3.45. The summed E-state index contributed by atoms with van der Waals surface area (Å²) in [7, 11) is -1.73. The molecule has 31 heavy (non-hydrogen) atoms. The number of benzene rings is 1. The van der Waals surface area contributed by atoms with Gasteiger partial charge in [-0.25, -0.2) is 12.7 Å². The number of likely N-dealkylation sites (tertiary alicyclic amines) is 1. The molecule has 9 nitrogen and oxygen atoms in total. The van der Waals surface area contributed by atoms with Gasteiger partial charge >= 0.3 is 0 Å². The fourth-order valence-corrected chi connectivity index (χ4v) is 5.91. The fourth-order valence-electron chi connectivity index (χ4n) is 4.71. The Kier molecular flexibility index (Phi) is 5.78. The molecule has 2 atom stereocenters. The summed E-state index contributed by atoms with van der Waals surface area (Å²) in [5.74, 6) is 1.68. The topological polar surface area (TPSA) is 106 Å². The number of hydrogen-bond acceptors (Lipinski definition) is 7. The summed E-state index contributed by atoms with van der Waals surface area (Å²) in [5, 5.41) is 3.92. The highest BCUT2D eigenvalue weighted by Gasteiger charge is 2.59. The molecule has 2 fully saturated rings. The summed E-state index contributed by atoms with van der Waals surface area (Å²) in [6.07, 6.45) is 0.927. The highest BCUT2D eigenvalue weighted by atomic mass is 32.2. The van der Waals surface area contributed by atoms with Crippen LogP contribution < -0.4 is 4.74 Å². The molecule has 2 aliphatic heterocycles. The van der Waals surface area contributed by atoms with Gasteiger partial charge in [-0.1, -0.05) is 23.4 Å². The van der Waals surface area contributed by atoms with Crippen molar-refractivity contribution in [3.05, 3.63) is 41.5 Å². The van der Waals surface area contributed by atoms with Gasteiger partial charge < -0.3 is 14.2 Å². The number of amides is 1. The van der Waals surface area contributed by atoms with E-state index in [2.05, 4.69) is 10.1 Å². The maximum Gasteiger partial charge on any atom is 0.236 e. The smallest absolute Gasteiger partial charge is 0.236 e. The number of methoxy groups -OCH3 is 1. The van der Waals surface area contributed by atoms with Crippen LogP contribution in [0.5, 0.6) is 5.75 Å². The Labute approximate surface area is 182 Å². The molecule has 3 heterocycles. The highest BCUT2D eigenvalue weighted by molar-refractivity contribution is 7.89. The first kappa shape index (κ1) is 21.8. The van der Waals surface area contributed by atoms with Gasteiger partial charge in [-0.2, -0.15) is 4.98 Å². The summed E-state index contributed by atoms with van der Waals surface area (Å²) < 4.78 is 37.4. The van der Waals surface area contributed by atoms with Crippen molar-refractivity contribution in [2.24, 2.45) is 5.92 Å². The van der Waals surface area contributed by atoms with Crippen LogP contribution in [-0.2, 0) is 26.7 Å². The van der Waals surface area contributed by atoms with Gasteiger partial charge in [0.2, 0.25) is 21.8 Å². The zero-order valence-electron chi connectivity index (χ0n) is 18.1. The molecule has 0 saturated carbocycles. The number of carbonyl (C=O) groups excluding carboxylic acids is 1. The third-order valence-corrected chi connectivity index (χ3v) is 8.24. The molecule has 2 aromatic rings. The summed E-state index contributed by atoms with van der Waals surface area (Å²) >= 11 is 0. The molecule has 0 N–H and O–H groups in total. The van der Waals surface area contributed by atoms with Gasteiger partial charge in [-0.3, -0.25) is 4.79 Å². The number of carbonyl (C=O) groups is 1. The van der Waals surface area contributed by atoms with Crippen molar-refractivity contribution in [2.75, 3.05) is 39.0 Å². The molecular formula is C21H28N4O5S. The van der Waals surface area contributed by atoms with Crippen molar-refractivity contribution in [2.45, 2.75) is 32.1 Å². The summed E-state index contributed by atoms with van der Waals surface area (Å²) in [6.45, 7) is 4.83. The van der Waals surface area contributed by atoms with Gasteiger partial charge in [-0.05, 0) is 31.9 Å². The first-order valence-corrected chi connectivity index (χ1v) is 12.1. The van der Waals surface area contributed by atoms with Gasteiger partial charge in [0.25, 0.3) is 0 Å². The highest BCUT2D eigenvalue weighted by Crippen LogP contribution is 2.45. The van der Waals surface area contributed by atoms with Crippen molar-refractivity contribution < 1.29 is 22.5 Å². The van der Waals surface area contributed by atoms with E-state index in [4.69, 9.17) is 9.26 Å². The average molecular weight is 449 g/mol. The number of nitrogens with zero attached hydrogens (tertiary/aromatic N) is 4. The number of hydrogen-bond donors (Lipinski definition) is 0. The van der Waals surface area contributed by atoms with E-state index in [1.807, 2.05) is 29.2 Å². The van der Waals surface area contributed by atoms with Crippen molar-refractivity contribution in [3.63, 3.8) is 0 Å². The van der Waals surface area contributed by atoms with E-state index in [1.54, 1.807) is 21.0 Å². The van der Waals surface area contributed by atoms with Crippen molar-refractivity contribution in [1.29, 1.82) is 0 Å². The van der Waals surface area contributed by atoms with E-state index in [9.17, 15) is 13.2 Å². The number of sulfonamides is 1. The lowest BCUT2D eigenvalue weighted by Crippen LogP contribution is -2.41. The molecule has 2 saturated heterocycles. The first-order chi connectivity index (χ1) is 14.8. The molecule has 0 aliphatic carbocycles. The van der Waals surface area contributed by atoms with E-state index in [0.717, 1.165) is 11.3 Å². The minimum absolute atomic E-state index is 0.0285. The molecule has 1 aromatic heterocycles. The van der Waals surface area contributed by atoms with Crippen LogP contribution in [0.15, 0.2) is 28.8 Å². The molecule has 1 aromatic carbocycles. The van der Waals surface area contributed by atoms with Crippen LogP contribution in [0.2, 0.25) is 0 Å². The van der Waals surface area contributed by atoms with E-state index < -0.39 is 15.4 Å². The van der Waals surface area contributed by atoms with Crippen molar-refractivity contribution in [3.8, 4) is 5.75 Å². The number of fused-ring (bicyclic) bond motifs is 1. The van der Waals surface area contributed by atoms with Crippen LogP contribution >= 0.6 is 0 Å². The molecule has 10 heteroatoms. The second kappa shape index (κ2) is 8.23. The third-order valence-electron chi connectivity index (χ3n) is 6.44. The van der Waals surface area contributed by atoms with E-state index in [1.165, 1.54) is 4.31 Å². The number of aryl methyl sites for hydroxylation is 2. The number of para-hydroxylation sites is 1. The van der Waals surface area contributed by atoms with Crippen LogP contribution in [0, 0.1) is 12.8 Å². The minimum atomic E-state index is -3.34. The zero-order chi connectivity index (χ0) is 22.2. The Hall–Kier alpha value is -2.46. The summed E-state index contributed by atoms with van der Waals surface area (Å²) in [6, 6.07) is 7.67. The van der Waals surface area contributed by atoms with Crippen LogP contribution in [0.4, 0.5) is 0 Å². The molecule has 4 rings (SSSR count). The quantitative estimate of drug-likeness (QED) is 0.630. The molecule has 1 amide bonds. The van der Waals surface area contributed by atoms with Crippen LogP contribution in [0.3, 0.4) is 0 Å². The molecule has 2 aliphatic rings. The zero-order valence-corrected chi connectivity index (χ0v) is 18.9. The lowest BCUT2D eigenvalue weighted by atomic mass is 9.81. The van der Waals surface area contributed by atoms with E-state index in [0.29, 0.717) is 44.2 Å². The van der Waals surface area contributed by atoms with Gasteiger partial charge in [0.15, 0.2) is 5.82 Å². The van der Waals surface area contributed by atoms with Gasteiger partial charge in [0.05, 0.1) is 18.3 Å². The van der Waals surface area contributed by atoms with Crippen LogP contribution in [0.25, 0.3) is 0 Å². The molecule has 0 unspecified atom stereocenters. The second-order valence-electron chi connectivity index (χ2n) is 8.28. The van der Waals surface area contributed by atoms with Gasteiger partial charge in [-0.15, -0.1) is 0 Å². The monoisotopic (exact) mass is 448 g/mol. The standard InChI is InChI=1S/C21H28N4O5S/c1-4-31(27,28)25-12-17-11-24(13-21(17,14-25)20-22-15(2)23-30-20)19(26)10-9-16-7-5-6-8-18(16)29-3/h5-8,17H,4,9-14H2,1-3H3/t17-,21-/m0/s1. The minimum Gasteiger partial charge on any atom is -0.496 e. The predicted octanol–water partition coefficient (Wildman–Crippen LogP) is 1.38. The SMILES string of the molecule is CCS(=O)(=O)N1C[C@@H]2CN(C(=O)CCc3ccccc3OC)C[C@]2(c2nc(C)no2)C1. The van der Waals surface area contributed by atoms with Crippen LogP contribution in [-0.4, -0.2) is 72.7 Å². The second-order valence-corrected chi connectivity index (χ2v) is 10.5. The largest absolute Gasteiger partial charge is 0.496 e. The van der Waals surface area contributed by atoms with Crippen molar-refractivity contribution in [1.82, 2.24) is 19.3 Å². The molecule has 0 bridgehead atoms. The maximum atomic E-state index is 13.0. The fraction of sp³-hybridized carbons (Fsp3) is 0.571. The predicted molar refractivity (Wildman–Crippen MR) is 113 cm³/mol. The van der Waals surface area contributed by atoms with E-state index in [-0.39, 0.29) is 24.1 Å². The number of aromatic nitrogens is 2. The molecular weight excluding hydrogens is 420 g/mol. The molecule has 0 spiro atoms. The Morgan fingerprint density at radius 1 is 1.29 bits per heavy atom. The van der Waals surface area contributed by atoms with Crippen molar-refractivity contribution >= 4 is 15.9 Å². The Morgan fingerprint density at radius 3 is 2.74 bits per heavy atom. The Bertz CT molecular complexity index is 1070. The lowest BCUT2D eigenvalue weighted by molar-refractivity contribution is -0.130. The summed E-state index contributed by atoms with van der Waals surface area (Å²) in [4.78, 5) is 19.3. The lowest BCUT2D eigenvalue weighted by Gasteiger charge is -2.25. The van der Waals surface area contributed by atoms with Gasteiger partial charge in [0, 0.05) is 38.5 Å². The normalized spacial score (nSPS) is 23.8. The van der Waals surface area contributed by atoms with Gasteiger partial charge in [0.1, 0.15) is 5.75 Å².